The quantitative estimate of drug-likeness (QED) is 0.365. The Balaban J connectivity index is 2.58. The molecule has 0 saturated carbocycles. The first kappa shape index (κ1) is 18.5. The smallest absolute Gasteiger partial charge is 0.0995 e. The van der Waals surface area contributed by atoms with Crippen molar-refractivity contribution in [2.45, 2.75) is 35.5 Å². The van der Waals surface area contributed by atoms with E-state index in [2.05, 4.69) is 40.6 Å². The maximum atomic E-state index is 10.1. The molecule has 5 heteroatoms. The average Bonchev–Trinajstić information content (AvgIpc) is 2.57. The topological polar surface area (TPSA) is 36.7 Å². The summed E-state index contributed by atoms with van der Waals surface area (Å²) in [5.74, 6) is 0. The molecule has 0 aliphatic rings. The second-order valence-corrected chi connectivity index (χ2v) is 7.55. The highest BCUT2D eigenvalue weighted by atomic mass is 127. The summed E-state index contributed by atoms with van der Waals surface area (Å²) in [6.07, 6.45) is 6.27. The summed E-state index contributed by atoms with van der Waals surface area (Å²) in [6.45, 7) is 2.12. The molecule has 2 aromatic rings. The molecule has 2 nitrogen and oxygen atoms in total. The Kier molecular flexibility index (Phi) is 6.70. The van der Waals surface area contributed by atoms with E-state index in [1.807, 2.05) is 24.4 Å². The fraction of sp³-hybridized carbons (Fsp3) is 0.333. The van der Waals surface area contributed by atoms with E-state index in [4.69, 9.17) is 23.2 Å². The molecule has 1 aromatic carbocycles. The minimum atomic E-state index is -0.707. The Morgan fingerprint density at radius 2 is 2.13 bits per heavy atom. The van der Waals surface area contributed by atoms with Crippen LogP contribution in [0.3, 0.4) is 0 Å². The number of halogens is 3. The van der Waals surface area contributed by atoms with Gasteiger partial charge < -0.3 is 0 Å². The molecule has 0 amide bonds. The predicted molar refractivity (Wildman–Crippen MR) is 104 cm³/mol. The molecular weight excluding hydrogens is 442 g/mol. The van der Waals surface area contributed by atoms with Gasteiger partial charge in [-0.15, -0.1) is 0 Å². The molecule has 2 rings (SSSR count). The first-order chi connectivity index (χ1) is 11.0. The van der Waals surface area contributed by atoms with E-state index in [-0.39, 0.29) is 3.92 Å². The van der Waals surface area contributed by atoms with Crippen LogP contribution in [0.1, 0.15) is 41.2 Å². The molecule has 0 spiro atoms. The van der Waals surface area contributed by atoms with Crippen LogP contribution in [0.4, 0.5) is 0 Å². The number of nitriles is 1. The lowest BCUT2D eigenvalue weighted by Gasteiger charge is -2.33. The first-order valence-electron chi connectivity index (χ1n) is 7.46. The normalized spacial score (nSPS) is 14.7. The SMILES string of the molecule is CCCCC(C#N)(c1ccc(Cl)cc1Cl)C(I)c1cccnc1. The summed E-state index contributed by atoms with van der Waals surface area (Å²) >= 11 is 14.8. The second-order valence-electron chi connectivity index (χ2n) is 5.46. The number of pyridine rings is 1. The lowest BCUT2D eigenvalue weighted by atomic mass is 9.73. The highest BCUT2D eigenvalue weighted by Gasteiger charge is 2.41. The van der Waals surface area contributed by atoms with E-state index < -0.39 is 5.41 Å². The van der Waals surface area contributed by atoms with Crippen LogP contribution in [0, 0.1) is 11.3 Å². The molecule has 1 aromatic heterocycles. The van der Waals surface area contributed by atoms with Crippen molar-refractivity contribution in [2.24, 2.45) is 0 Å². The van der Waals surface area contributed by atoms with Crippen LogP contribution < -0.4 is 0 Å². The fourth-order valence-corrected chi connectivity index (χ4v) is 4.42. The molecular formula is C18H17Cl2IN2. The standard InChI is InChI=1S/C18H17Cl2IN2/c1-2-3-8-18(12-22,15-7-6-14(19)10-16(15)20)17(21)13-5-4-9-23-11-13/h4-7,9-11,17H,2-3,8H2,1H3. The van der Waals surface area contributed by atoms with Gasteiger partial charge >= 0.3 is 0 Å². The van der Waals surface area contributed by atoms with Crippen molar-refractivity contribution in [3.8, 4) is 6.07 Å². The Bertz CT molecular complexity index is 700. The third kappa shape index (κ3) is 3.99. The maximum Gasteiger partial charge on any atom is 0.0995 e. The van der Waals surface area contributed by atoms with Gasteiger partial charge in [0.1, 0.15) is 0 Å². The largest absolute Gasteiger partial charge is 0.264 e. The number of alkyl halides is 1. The summed E-state index contributed by atoms with van der Waals surface area (Å²) in [4.78, 5) is 4.20. The number of benzene rings is 1. The number of rotatable bonds is 6. The van der Waals surface area contributed by atoms with Gasteiger partial charge in [0.05, 0.1) is 15.4 Å². The monoisotopic (exact) mass is 458 g/mol. The number of hydrogen-bond donors (Lipinski definition) is 0. The molecule has 120 valence electrons. The van der Waals surface area contributed by atoms with E-state index in [0.717, 1.165) is 30.4 Å². The zero-order chi connectivity index (χ0) is 16.9. The van der Waals surface area contributed by atoms with Gasteiger partial charge in [0.25, 0.3) is 0 Å². The van der Waals surface area contributed by atoms with Crippen molar-refractivity contribution < 1.29 is 0 Å². The fourth-order valence-electron chi connectivity index (χ4n) is 2.69. The number of hydrogen-bond acceptors (Lipinski definition) is 2. The third-order valence-electron chi connectivity index (χ3n) is 3.95. The van der Waals surface area contributed by atoms with Gasteiger partial charge in [-0.05, 0) is 35.7 Å². The van der Waals surface area contributed by atoms with Crippen LogP contribution in [0.25, 0.3) is 0 Å². The highest BCUT2D eigenvalue weighted by molar-refractivity contribution is 14.1. The Morgan fingerprint density at radius 1 is 1.35 bits per heavy atom. The summed E-state index contributed by atoms with van der Waals surface area (Å²) in [6, 6.07) is 11.9. The van der Waals surface area contributed by atoms with Gasteiger partial charge in [-0.3, -0.25) is 4.98 Å². The molecule has 2 atom stereocenters. The van der Waals surface area contributed by atoms with Crippen LogP contribution in [-0.2, 0) is 5.41 Å². The summed E-state index contributed by atoms with van der Waals surface area (Å²) in [5, 5.41) is 11.2. The minimum absolute atomic E-state index is 0.0518. The van der Waals surface area contributed by atoms with E-state index in [0.29, 0.717) is 10.0 Å². The van der Waals surface area contributed by atoms with Gasteiger partial charge in [-0.1, -0.05) is 77.7 Å². The van der Waals surface area contributed by atoms with Gasteiger partial charge in [0, 0.05) is 22.4 Å². The van der Waals surface area contributed by atoms with E-state index in [1.165, 1.54) is 0 Å². The highest BCUT2D eigenvalue weighted by Crippen LogP contribution is 2.49. The number of aromatic nitrogens is 1. The van der Waals surface area contributed by atoms with E-state index in [1.54, 1.807) is 18.3 Å². The molecule has 0 radical (unpaired) electrons. The number of nitrogens with zero attached hydrogens (tertiary/aromatic N) is 2. The van der Waals surface area contributed by atoms with Crippen molar-refractivity contribution in [2.75, 3.05) is 0 Å². The number of unbranched alkanes of at least 4 members (excludes halogenated alkanes) is 1. The molecule has 1 heterocycles. The molecule has 0 fully saturated rings. The van der Waals surface area contributed by atoms with Crippen LogP contribution in [0.5, 0.6) is 0 Å². The third-order valence-corrected chi connectivity index (χ3v) is 6.28. The average molecular weight is 459 g/mol. The zero-order valence-electron chi connectivity index (χ0n) is 12.8. The zero-order valence-corrected chi connectivity index (χ0v) is 16.4. The van der Waals surface area contributed by atoms with Gasteiger partial charge in [0.15, 0.2) is 0 Å². The molecule has 23 heavy (non-hydrogen) atoms. The van der Waals surface area contributed by atoms with Gasteiger partial charge in [-0.25, -0.2) is 0 Å². The Hall–Kier alpha value is -0.830. The summed E-state index contributed by atoms with van der Waals surface area (Å²) in [5.41, 5.74) is 1.15. The molecule has 0 aliphatic carbocycles. The second kappa shape index (κ2) is 8.32. The van der Waals surface area contributed by atoms with Crippen LogP contribution >= 0.6 is 45.8 Å². The Labute approximate surface area is 161 Å². The minimum Gasteiger partial charge on any atom is -0.264 e. The Morgan fingerprint density at radius 3 is 2.70 bits per heavy atom. The predicted octanol–water partition coefficient (Wildman–Crippen LogP) is 6.52. The van der Waals surface area contributed by atoms with Crippen molar-refractivity contribution in [1.29, 1.82) is 5.26 Å². The molecule has 2 unspecified atom stereocenters. The summed E-state index contributed by atoms with van der Waals surface area (Å²) < 4.78 is -0.0518. The van der Waals surface area contributed by atoms with Crippen molar-refractivity contribution in [3.05, 3.63) is 63.9 Å². The van der Waals surface area contributed by atoms with E-state index in [9.17, 15) is 5.26 Å². The van der Waals surface area contributed by atoms with E-state index >= 15 is 0 Å². The van der Waals surface area contributed by atoms with Gasteiger partial charge in [-0.2, -0.15) is 5.26 Å². The lowest BCUT2D eigenvalue weighted by molar-refractivity contribution is 0.478. The van der Waals surface area contributed by atoms with Crippen molar-refractivity contribution >= 4 is 45.8 Å². The summed E-state index contributed by atoms with van der Waals surface area (Å²) in [7, 11) is 0. The van der Waals surface area contributed by atoms with Crippen LogP contribution in [0.15, 0.2) is 42.7 Å². The first-order valence-corrected chi connectivity index (χ1v) is 9.46. The molecule has 0 bridgehead atoms. The lowest BCUT2D eigenvalue weighted by Crippen LogP contribution is -2.30. The molecule has 0 N–H and O–H groups in total. The van der Waals surface area contributed by atoms with Crippen LogP contribution in [-0.4, -0.2) is 4.98 Å². The maximum absolute atomic E-state index is 10.1. The van der Waals surface area contributed by atoms with Crippen molar-refractivity contribution in [1.82, 2.24) is 4.98 Å². The molecule has 0 aliphatic heterocycles. The van der Waals surface area contributed by atoms with Crippen LogP contribution in [0.2, 0.25) is 10.0 Å². The molecule has 0 saturated heterocycles. The van der Waals surface area contributed by atoms with Crippen molar-refractivity contribution in [3.63, 3.8) is 0 Å². The van der Waals surface area contributed by atoms with Gasteiger partial charge in [0.2, 0.25) is 0 Å².